The summed E-state index contributed by atoms with van der Waals surface area (Å²) in [7, 11) is 2.04. The van der Waals surface area contributed by atoms with Gasteiger partial charge in [-0.25, -0.2) is 0 Å². The minimum Gasteiger partial charge on any atom is -0.319 e. The van der Waals surface area contributed by atoms with Gasteiger partial charge < -0.3 is 15.4 Å². The van der Waals surface area contributed by atoms with Crippen LogP contribution in [0.4, 0.5) is 0 Å². The van der Waals surface area contributed by atoms with E-state index in [2.05, 4.69) is 39.8 Å². The molecule has 3 aliphatic heterocycles. The van der Waals surface area contributed by atoms with Crippen LogP contribution in [0.3, 0.4) is 0 Å². The van der Waals surface area contributed by atoms with Gasteiger partial charge in [-0.2, -0.15) is 0 Å². The van der Waals surface area contributed by atoms with E-state index < -0.39 is 0 Å². The molecule has 4 unspecified atom stereocenters. The number of rotatable bonds is 7. The molecule has 7 nitrogen and oxygen atoms in total. The summed E-state index contributed by atoms with van der Waals surface area (Å²) < 4.78 is 0. The fraction of sp³-hybridized carbons (Fsp3) is 0.452. The minimum absolute atomic E-state index is 0.237. The molecule has 38 heavy (non-hydrogen) atoms. The molecule has 7 rings (SSSR count). The van der Waals surface area contributed by atoms with Gasteiger partial charge in [0.25, 0.3) is 11.8 Å². The van der Waals surface area contributed by atoms with E-state index in [1.165, 1.54) is 42.2 Å². The summed E-state index contributed by atoms with van der Waals surface area (Å²) in [6.07, 6.45) is 3.74. The highest BCUT2D eigenvalue weighted by Crippen LogP contribution is 2.50. The van der Waals surface area contributed by atoms with E-state index in [4.69, 9.17) is 0 Å². The van der Waals surface area contributed by atoms with Gasteiger partial charge in [0.1, 0.15) is 6.29 Å². The SMILES string of the molecule is CNCC1C2CNCC12.O=C1C=CC(=O)N1Cc1ccccc1.O=CC1C2CN(Cc3ccccc3)CC12. The second-order valence-corrected chi connectivity index (χ2v) is 11.0. The van der Waals surface area contributed by atoms with Crippen LogP contribution < -0.4 is 10.6 Å². The maximum Gasteiger partial charge on any atom is 0.253 e. The first-order valence-corrected chi connectivity index (χ1v) is 13.7. The summed E-state index contributed by atoms with van der Waals surface area (Å²) in [6.45, 7) is 7.40. The Kier molecular flexibility index (Phi) is 8.47. The molecular formula is C31H38N4O3. The second kappa shape index (κ2) is 12.2. The van der Waals surface area contributed by atoms with Gasteiger partial charge in [-0.05, 0) is 67.4 Å². The summed E-state index contributed by atoms with van der Waals surface area (Å²) in [5, 5.41) is 6.61. The van der Waals surface area contributed by atoms with Gasteiger partial charge in [-0.15, -0.1) is 0 Å². The summed E-state index contributed by atoms with van der Waals surface area (Å²) >= 11 is 0. The van der Waals surface area contributed by atoms with Gasteiger partial charge in [0.2, 0.25) is 0 Å². The third kappa shape index (κ3) is 6.29. The number of carbonyl (C=O) groups excluding carboxylic acids is 3. The molecule has 2 saturated heterocycles. The number of amides is 2. The van der Waals surface area contributed by atoms with Crippen molar-refractivity contribution in [3.05, 3.63) is 83.9 Å². The Balaban J connectivity index is 0.000000120. The molecule has 2 amide bonds. The number of nitrogens with zero attached hydrogens (tertiary/aromatic N) is 2. The summed E-state index contributed by atoms with van der Waals surface area (Å²) in [6, 6.07) is 20.0. The molecule has 2 saturated carbocycles. The molecule has 2 aromatic rings. The zero-order chi connectivity index (χ0) is 26.5. The van der Waals surface area contributed by atoms with Crippen LogP contribution in [0.5, 0.6) is 0 Å². The summed E-state index contributed by atoms with van der Waals surface area (Å²) in [5.74, 6) is 4.32. The topological polar surface area (TPSA) is 81.7 Å². The van der Waals surface area contributed by atoms with E-state index in [0.717, 1.165) is 49.2 Å². The minimum atomic E-state index is -0.237. The number of aldehydes is 1. The van der Waals surface area contributed by atoms with Crippen LogP contribution in [0.25, 0.3) is 0 Å². The Morgan fingerprint density at radius 1 is 0.816 bits per heavy atom. The lowest BCUT2D eigenvalue weighted by molar-refractivity contribution is -0.137. The van der Waals surface area contributed by atoms with Gasteiger partial charge in [-0.1, -0.05) is 60.7 Å². The molecule has 0 radical (unpaired) electrons. The van der Waals surface area contributed by atoms with Gasteiger partial charge in [0.15, 0.2) is 0 Å². The van der Waals surface area contributed by atoms with E-state index in [0.29, 0.717) is 24.3 Å². The lowest BCUT2D eigenvalue weighted by Gasteiger charge is -2.18. The molecule has 4 atom stereocenters. The van der Waals surface area contributed by atoms with E-state index in [-0.39, 0.29) is 11.8 Å². The number of carbonyl (C=O) groups is 3. The molecule has 4 fully saturated rings. The molecular weight excluding hydrogens is 476 g/mol. The quantitative estimate of drug-likeness (QED) is 0.436. The largest absolute Gasteiger partial charge is 0.319 e. The van der Waals surface area contributed by atoms with Crippen LogP contribution in [0, 0.1) is 35.5 Å². The molecule has 3 heterocycles. The van der Waals surface area contributed by atoms with E-state index in [9.17, 15) is 14.4 Å². The lowest BCUT2D eigenvalue weighted by Crippen LogP contribution is -2.29. The molecule has 0 bridgehead atoms. The summed E-state index contributed by atoms with van der Waals surface area (Å²) in [5.41, 5.74) is 2.33. The Morgan fingerprint density at radius 3 is 1.84 bits per heavy atom. The number of hydrogen-bond acceptors (Lipinski definition) is 6. The Labute approximate surface area is 225 Å². The highest BCUT2D eigenvalue weighted by atomic mass is 16.2. The van der Waals surface area contributed by atoms with Crippen molar-refractivity contribution in [2.45, 2.75) is 13.1 Å². The van der Waals surface area contributed by atoms with Crippen molar-refractivity contribution < 1.29 is 14.4 Å². The van der Waals surface area contributed by atoms with Gasteiger partial charge in [0, 0.05) is 37.7 Å². The number of likely N-dealkylation sites (tertiary alicyclic amines) is 1. The van der Waals surface area contributed by atoms with Crippen molar-refractivity contribution in [2.24, 2.45) is 35.5 Å². The number of hydrogen-bond donors (Lipinski definition) is 2. The van der Waals surface area contributed by atoms with Crippen LogP contribution in [0.2, 0.25) is 0 Å². The standard InChI is InChI=1S/C13H15NO.C11H9NO2.C7H14N2/c15-9-13-11-7-14(8-12(11)13)6-10-4-2-1-3-5-10;13-10-6-7-11(14)12(10)8-9-4-2-1-3-5-9;1-8-2-5-6-3-9-4-7(5)6/h1-5,9,11-13H,6-8H2;1-7H,8H2;5-9H,2-4H2,1H3. The summed E-state index contributed by atoms with van der Waals surface area (Å²) in [4.78, 5) is 36.7. The molecule has 2 N–H and O–H groups in total. The highest BCUT2D eigenvalue weighted by Gasteiger charge is 2.55. The zero-order valence-corrected chi connectivity index (χ0v) is 22.0. The normalized spacial score (nSPS) is 30.1. The third-order valence-corrected chi connectivity index (χ3v) is 8.53. The van der Waals surface area contributed by atoms with E-state index in [1.807, 2.05) is 43.4 Å². The first-order valence-electron chi connectivity index (χ1n) is 13.7. The van der Waals surface area contributed by atoms with Crippen molar-refractivity contribution in [1.29, 1.82) is 0 Å². The molecule has 2 aromatic carbocycles. The van der Waals surface area contributed by atoms with Crippen LogP contribution in [-0.2, 0) is 27.5 Å². The zero-order valence-electron chi connectivity index (χ0n) is 22.0. The predicted molar refractivity (Wildman–Crippen MR) is 147 cm³/mol. The van der Waals surface area contributed by atoms with Crippen LogP contribution >= 0.6 is 0 Å². The maximum atomic E-state index is 11.2. The van der Waals surface area contributed by atoms with Gasteiger partial charge in [0.05, 0.1) is 6.54 Å². The third-order valence-electron chi connectivity index (χ3n) is 8.53. The average Bonchev–Trinajstić information content (AvgIpc) is 3.48. The van der Waals surface area contributed by atoms with Gasteiger partial charge in [-0.3, -0.25) is 19.4 Å². The second-order valence-electron chi connectivity index (χ2n) is 11.0. The van der Waals surface area contributed by atoms with Crippen molar-refractivity contribution in [2.75, 3.05) is 39.8 Å². The smallest absolute Gasteiger partial charge is 0.253 e. The number of nitrogens with one attached hydrogen (secondary N) is 2. The van der Waals surface area contributed by atoms with Crippen LogP contribution in [0.15, 0.2) is 72.8 Å². The maximum absolute atomic E-state index is 11.2. The fourth-order valence-electron chi connectivity index (χ4n) is 6.27. The van der Waals surface area contributed by atoms with Crippen molar-refractivity contribution in [3.63, 3.8) is 0 Å². The average molecular weight is 515 g/mol. The molecule has 0 spiro atoms. The van der Waals surface area contributed by atoms with Crippen LogP contribution in [0.1, 0.15) is 11.1 Å². The molecule has 2 aliphatic carbocycles. The first-order chi connectivity index (χ1) is 18.6. The molecule has 5 aliphatic rings. The molecule has 7 heteroatoms. The van der Waals surface area contributed by atoms with E-state index in [1.54, 1.807) is 0 Å². The van der Waals surface area contributed by atoms with Crippen molar-refractivity contribution in [1.82, 2.24) is 20.4 Å². The Hall–Kier alpha value is -3.13. The molecule has 0 aromatic heterocycles. The number of fused-ring (bicyclic) bond motifs is 2. The number of piperidine rings is 2. The highest BCUT2D eigenvalue weighted by molar-refractivity contribution is 6.12. The predicted octanol–water partition coefficient (Wildman–Crippen LogP) is 2.35. The number of benzene rings is 2. The van der Waals surface area contributed by atoms with Crippen molar-refractivity contribution >= 4 is 18.1 Å². The van der Waals surface area contributed by atoms with Crippen molar-refractivity contribution in [3.8, 4) is 0 Å². The van der Waals surface area contributed by atoms with Gasteiger partial charge >= 0.3 is 0 Å². The first kappa shape index (κ1) is 26.5. The van der Waals surface area contributed by atoms with Crippen LogP contribution in [-0.4, -0.2) is 67.7 Å². The monoisotopic (exact) mass is 514 g/mol. The Morgan fingerprint density at radius 2 is 1.34 bits per heavy atom. The number of imide groups is 1. The fourth-order valence-corrected chi connectivity index (χ4v) is 6.27. The molecule has 200 valence electrons. The lowest BCUT2D eigenvalue weighted by atomic mass is 10.2. The van der Waals surface area contributed by atoms with E-state index >= 15 is 0 Å². The Bertz CT molecular complexity index is 1100.